The Hall–Kier alpha value is -2.81. The number of nitrogens with zero attached hydrogens (tertiary/aromatic N) is 5. The van der Waals surface area contributed by atoms with Gasteiger partial charge in [-0.15, -0.1) is 16.4 Å². The number of amides is 1. The van der Waals surface area contributed by atoms with Crippen molar-refractivity contribution >= 4 is 40.4 Å². The molecule has 0 saturated carbocycles. The molecule has 0 aliphatic heterocycles. The van der Waals surface area contributed by atoms with Gasteiger partial charge in [0.25, 0.3) is 0 Å². The number of thiazole rings is 1. The van der Waals surface area contributed by atoms with Crippen LogP contribution in [0.15, 0.2) is 60.2 Å². The Balaban J connectivity index is 1.32. The van der Waals surface area contributed by atoms with Gasteiger partial charge in [0, 0.05) is 46.3 Å². The Morgan fingerprint density at radius 1 is 1.06 bits per heavy atom. The van der Waals surface area contributed by atoms with Crippen LogP contribution in [0.2, 0.25) is 10.0 Å². The fourth-order valence-corrected chi connectivity index (χ4v) is 4.36. The first-order chi connectivity index (χ1) is 15.6. The number of tetrazole rings is 1. The molecule has 164 valence electrons. The second-order valence-corrected chi connectivity index (χ2v) is 9.03. The van der Waals surface area contributed by atoms with Gasteiger partial charge in [-0.2, -0.15) is 0 Å². The average Bonchev–Trinajstić information content (AvgIpc) is 3.47. The Kier molecular flexibility index (Phi) is 7.47. The highest BCUT2D eigenvalue weighted by Gasteiger charge is 2.18. The summed E-state index contributed by atoms with van der Waals surface area (Å²) in [6.45, 7) is 1.02. The molecule has 4 rings (SSSR count). The van der Waals surface area contributed by atoms with Crippen molar-refractivity contribution in [3.8, 4) is 11.3 Å². The Morgan fingerprint density at radius 2 is 1.78 bits per heavy atom. The number of halogens is 2. The summed E-state index contributed by atoms with van der Waals surface area (Å²) in [5.74, 6) is -0.111. The van der Waals surface area contributed by atoms with E-state index in [-0.39, 0.29) is 11.8 Å². The molecule has 0 aliphatic carbocycles. The summed E-state index contributed by atoms with van der Waals surface area (Å²) in [4.78, 5) is 17.3. The number of carbonyl (C=O) groups excluding carboxylic acids is 1. The van der Waals surface area contributed by atoms with Gasteiger partial charge in [0.1, 0.15) is 6.33 Å². The first kappa shape index (κ1) is 22.4. The number of rotatable bonds is 9. The van der Waals surface area contributed by atoms with Crippen molar-refractivity contribution in [2.45, 2.75) is 25.3 Å². The Labute approximate surface area is 199 Å². The van der Waals surface area contributed by atoms with Crippen LogP contribution < -0.4 is 5.32 Å². The van der Waals surface area contributed by atoms with E-state index in [1.165, 1.54) is 0 Å². The van der Waals surface area contributed by atoms with Crippen molar-refractivity contribution in [3.63, 3.8) is 0 Å². The van der Waals surface area contributed by atoms with Crippen LogP contribution in [0.4, 0.5) is 0 Å². The Bertz CT molecular complexity index is 1150. The lowest BCUT2D eigenvalue weighted by Crippen LogP contribution is -2.28. The van der Waals surface area contributed by atoms with Crippen LogP contribution in [0, 0.1) is 0 Å². The molecule has 1 unspecified atom stereocenters. The van der Waals surface area contributed by atoms with Gasteiger partial charge in [-0.05, 0) is 40.3 Å². The minimum Gasteiger partial charge on any atom is -0.356 e. The van der Waals surface area contributed by atoms with Gasteiger partial charge in [0.15, 0.2) is 0 Å². The third kappa shape index (κ3) is 6.12. The topological polar surface area (TPSA) is 85.6 Å². The molecule has 1 atom stereocenters. The van der Waals surface area contributed by atoms with E-state index < -0.39 is 0 Å². The zero-order chi connectivity index (χ0) is 22.3. The molecule has 1 N–H and O–H groups in total. The fraction of sp³-hybridized carbons (Fsp3) is 0.227. The zero-order valence-electron chi connectivity index (χ0n) is 17.0. The highest BCUT2D eigenvalue weighted by atomic mass is 35.5. The van der Waals surface area contributed by atoms with Crippen molar-refractivity contribution < 1.29 is 4.79 Å². The lowest BCUT2D eigenvalue weighted by atomic mass is 9.95. The first-order valence-electron chi connectivity index (χ1n) is 10.00. The highest BCUT2D eigenvalue weighted by Crippen LogP contribution is 2.25. The summed E-state index contributed by atoms with van der Waals surface area (Å²) in [5.41, 5.74) is 2.94. The molecule has 0 radical (unpaired) electrons. The minimum atomic E-state index is -0.0767. The molecule has 4 aromatic rings. The molecular weight excluding hydrogens is 467 g/mol. The van der Waals surface area contributed by atoms with Crippen LogP contribution in [0.25, 0.3) is 11.3 Å². The van der Waals surface area contributed by atoms with E-state index in [1.807, 2.05) is 53.9 Å². The van der Waals surface area contributed by atoms with Crippen LogP contribution in [-0.4, -0.2) is 37.6 Å². The van der Waals surface area contributed by atoms with Crippen molar-refractivity contribution in [1.29, 1.82) is 0 Å². The zero-order valence-corrected chi connectivity index (χ0v) is 19.3. The summed E-state index contributed by atoms with van der Waals surface area (Å²) < 4.78 is 1.63. The standard InChI is InChI=1S/C22H20Cl2N6OS/c23-18-5-1-15(2-6-18)17(12-30-14-26-28-29-30)11-21(31)25-10-9-22-27-20(13-32-22)16-3-7-19(24)8-4-16/h1-8,13-14,17H,9-12H2,(H,25,31). The van der Waals surface area contributed by atoms with E-state index >= 15 is 0 Å². The second kappa shape index (κ2) is 10.7. The van der Waals surface area contributed by atoms with Crippen LogP contribution in [0.3, 0.4) is 0 Å². The fourth-order valence-electron chi connectivity index (χ4n) is 3.30. The van der Waals surface area contributed by atoms with E-state index in [0.29, 0.717) is 36.0 Å². The van der Waals surface area contributed by atoms with Gasteiger partial charge in [-0.1, -0.05) is 47.5 Å². The van der Waals surface area contributed by atoms with Gasteiger partial charge >= 0.3 is 0 Å². The molecular formula is C22H20Cl2N6OS. The molecule has 2 aromatic heterocycles. The second-order valence-electron chi connectivity index (χ2n) is 7.22. The summed E-state index contributed by atoms with van der Waals surface area (Å²) in [6.07, 6.45) is 2.53. The maximum Gasteiger partial charge on any atom is 0.220 e. The monoisotopic (exact) mass is 486 g/mol. The summed E-state index contributed by atoms with van der Waals surface area (Å²) in [6, 6.07) is 15.1. The lowest BCUT2D eigenvalue weighted by molar-refractivity contribution is -0.121. The molecule has 7 nitrogen and oxygen atoms in total. The minimum absolute atomic E-state index is 0.0347. The van der Waals surface area contributed by atoms with Crippen LogP contribution in [-0.2, 0) is 17.8 Å². The van der Waals surface area contributed by atoms with Crippen LogP contribution in [0.5, 0.6) is 0 Å². The highest BCUT2D eigenvalue weighted by molar-refractivity contribution is 7.09. The van der Waals surface area contributed by atoms with Gasteiger partial charge < -0.3 is 5.32 Å². The van der Waals surface area contributed by atoms with E-state index in [9.17, 15) is 4.79 Å². The van der Waals surface area contributed by atoms with Crippen molar-refractivity contribution in [2.24, 2.45) is 0 Å². The maximum atomic E-state index is 12.6. The predicted molar refractivity (Wildman–Crippen MR) is 126 cm³/mol. The third-order valence-electron chi connectivity index (χ3n) is 4.92. The molecule has 0 bridgehead atoms. The number of hydrogen-bond acceptors (Lipinski definition) is 6. The summed E-state index contributed by atoms with van der Waals surface area (Å²) >= 11 is 13.5. The van der Waals surface area contributed by atoms with E-state index in [4.69, 9.17) is 23.2 Å². The average molecular weight is 487 g/mol. The maximum absolute atomic E-state index is 12.6. The molecule has 0 spiro atoms. The van der Waals surface area contributed by atoms with Gasteiger partial charge in [0.2, 0.25) is 5.91 Å². The molecule has 1 amide bonds. The van der Waals surface area contributed by atoms with Crippen LogP contribution in [0.1, 0.15) is 22.9 Å². The molecule has 0 fully saturated rings. The van der Waals surface area contributed by atoms with Crippen molar-refractivity contribution in [3.05, 3.63) is 80.9 Å². The number of benzene rings is 2. The van der Waals surface area contributed by atoms with Crippen molar-refractivity contribution in [2.75, 3.05) is 6.54 Å². The van der Waals surface area contributed by atoms with Crippen molar-refractivity contribution in [1.82, 2.24) is 30.5 Å². The summed E-state index contributed by atoms with van der Waals surface area (Å²) in [7, 11) is 0. The third-order valence-corrected chi connectivity index (χ3v) is 6.34. The largest absolute Gasteiger partial charge is 0.356 e. The summed E-state index contributed by atoms with van der Waals surface area (Å²) in [5, 5.41) is 18.6. The van der Waals surface area contributed by atoms with Crippen LogP contribution >= 0.6 is 34.5 Å². The number of nitrogens with one attached hydrogen (secondary N) is 1. The van der Waals surface area contributed by atoms with E-state index in [2.05, 4.69) is 25.8 Å². The molecule has 10 heteroatoms. The van der Waals surface area contributed by atoms with Gasteiger partial charge in [-0.25, -0.2) is 9.67 Å². The molecule has 32 heavy (non-hydrogen) atoms. The van der Waals surface area contributed by atoms with E-state index in [0.717, 1.165) is 21.8 Å². The lowest BCUT2D eigenvalue weighted by Gasteiger charge is -2.17. The molecule has 2 heterocycles. The first-order valence-corrected chi connectivity index (χ1v) is 11.6. The smallest absolute Gasteiger partial charge is 0.220 e. The van der Waals surface area contributed by atoms with Gasteiger partial charge in [-0.3, -0.25) is 4.79 Å². The predicted octanol–water partition coefficient (Wildman–Crippen LogP) is 4.64. The van der Waals surface area contributed by atoms with E-state index in [1.54, 1.807) is 22.3 Å². The molecule has 0 aliphatic rings. The quantitative estimate of drug-likeness (QED) is 0.372. The Morgan fingerprint density at radius 3 is 2.47 bits per heavy atom. The SMILES string of the molecule is O=C(CC(Cn1cnnn1)c1ccc(Cl)cc1)NCCc1nc(-c2ccc(Cl)cc2)cs1. The molecule has 0 saturated heterocycles. The normalized spacial score (nSPS) is 11.9. The number of carbonyl (C=O) groups is 1. The molecule has 2 aromatic carbocycles. The number of hydrogen-bond donors (Lipinski definition) is 1. The van der Waals surface area contributed by atoms with Gasteiger partial charge in [0.05, 0.1) is 17.2 Å². The number of aromatic nitrogens is 5.